The molecule has 0 aliphatic carbocycles. The number of fused-ring (bicyclic) bond motifs is 5. The van der Waals surface area contributed by atoms with Crippen LogP contribution in [0.2, 0.25) is 5.15 Å². The van der Waals surface area contributed by atoms with Gasteiger partial charge in [0.25, 0.3) is 0 Å². The van der Waals surface area contributed by atoms with Gasteiger partial charge in [-0.25, -0.2) is 18.6 Å². The molecular formula is C26H33ClF2N6O3. The van der Waals surface area contributed by atoms with Gasteiger partial charge >= 0.3 is 12.1 Å². The summed E-state index contributed by atoms with van der Waals surface area (Å²) in [6, 6.07) is -0.434. The van der Waals surface area contributed by atoms with Crippen LogP contribution in [0.25, 0.3) is 10.9 Å². The maximum atomic E-state index is 15.2. The van der Waals surface area contributed by atoms with Gasteiger partial charge in [0.1, 0.15) is 29.7 Å². The Morgan fingerprint density at radius 3 is 2.82 bits per heavy atom. The Bertz CT molecular complexity index is 1400. The number of alkyl halides is 1. The average Bonchev–Trinajstić information content (AvgIpc) is 3.31. The van der Waals surface area contributed by atoms with Crippen molar-refractivity contribution < 1.29 is 27.2 Å². The van der Waals surface area contributed by atoms with Crippen LogP contribution in [0.3, 0.4) is 0 Å². The molecule has 12 heteroatoms. The van der Waals surface area contributed by atoms with E-state index >= 15 is 4.39 Å². The molecular weight excluding hydrogens is 518 g/mol. The van der Waals surface area contributed by atoms with Gasteiger partial charge in [0.2, 0.25) is 0 Å². The van der Waals surface area contributed by atoms with E-state index in [9.17, 15) is 9.18 Å². The smallest absolute Gasteiger partial charge is 0.410 e. The van der Waals surface area contributed by atoms with E-state index in [1.807, 2.05) is 25.7 Å². The highest BCUT2D eigenvalue weighted by atomic mass is 35.5. The Hall–Kier alpha value is -2.53. The number of hydrogen-bond acceptors (Lipinski definition) is 8. The van der Waals surface area contributed by atoms with Crippen LogP contribution >= 0.6 is 11.6 Å². The van der Waals surface area contributed by atoms with E-state index in [1.165, 1.54) is 11.1 Å². The van der Waals surface area contributed by atoms with Crippen LogP contribution in [-0.4, -0.2) is 93.0 Å². The van der Waals surface area contributed by atoms with Gasteiger partial charge in [-0.05, 0) is 53.0 Å². The predicted octanol–water partition coefficient (Wildman–Crippen LogP) is 4.36. The molecule has 206 valence electrons. The lowest BCUT2D eigenvalue weighted by Gasteiger charge is -2.51. The predicted molar refractivity (Wildman–Crippen MR) is 138 cm³/mol. The molecule has 0 saturated carbocycles. The molecule has 5 fully saturated rings. The molecule has 0 spiro atoms. The molecule has 5 aliphatic heterocycles. The molecule has 0 radical (unpaired) electrons. The summed E-state index contributed by atoms with van der Waals surface area (Å²) in [6.07, 6.45) is 0.536. The topological polar surface area (TPSA) is 83.9 Å². The summed E-state index contributed by atoms with van der Waals surface area (Å²) in [6.45, 7) is 3.99. The molecule has 7 heterocycles. The van der Waals surface area contributed by atoms with E-state index < -0.39 is 29.6 Å². The van der Waals surface area contributed by atoms with Gasteiger partial charge in [-0.15, -0.1) is 0 Å². The summed E-state index contributed by atoms with van der Waals surface area (Å²) in [5, 5.41) is -0.0206. The van der Waals surface area contributed by atoms with Crippen molar-refractivity contribution in [2.24, 2.45) is 0 Å². The van der Waals surface area contributed by atoms with Crippen LogP contribution in [0.4, 0.5) is 19.4 Å². The van der Waals surface area contributed by atoms with E-state index in [4.69, 9.17) is 25.2 Å². The highest BCUT2D eigenvalue weighted by Crippen LogP contribution is 2.41. The molecule has 2 aromatic rings. The van der Waals surface area contributed by atoms with Gasteiger partial charge in [-0.2, -0.15) is 9.97 Å². The Kier molecular flexibility index (Phi) is 5.45. The molecule has 5 aliphatic rings. The first kappa shape index (κ1) is 22.3. The Balaban J connectivity index is 1.31. The number of halogens is 3. The number of aromatic nitrogens is 3. The van der Waals surface area contributed by atoms with Crippen molar-refractivity contribution in [3.8, 4) is 6.01 Å². The molecule has 9 nitrogen and oxygen atoms in total. The SMILES string of the molecule is [2H]C1([2H])CC[C@@]2(COc3nc(N4CC5CCC4CN5C(=O)OC(C)(C)C)c4cnc(Cl)c(F)c4n3)C[C@@]([2H])(F)CN12. The standard InChI is InChI=1S/C26H33ClF2N6O3/c1-25(2,3)38-24(36)35-13-16-5-6-17(35)12-34(16)22-18-10-30-21(27)19(29)20(18)31-23(32-22)37-14-26-7-4-8-33(26)11-15(28)9-26/h10,15-17H,4-9,11-14H2,1-3H3/t15-,16?,17?,26+/m1/s1/i8D2,15D. The zero-order valence-electron chi connectivity index (χ0n) is 24.6. The number of ether oxygens (including phenoxy) is 2. The highest BCUT2D eigenvalue weighted by Gasteiger charge is 2.49. The fraction of sp³-hybridized carbons (Fsp3) is 0.692. The number of piperidine rings is 2. The van der Waals surface area contributed by atoms with Crippen molar-refractivity contribution in [2.45, 2.75) is 82.2 Å². The third-order valence-electron chi connectivity index (χ3n) is 7.82. The summed E-state index contributed by atoms with van der Waals surface area (Å²) < 4.78 is 66.2. The van der Waals surface area contributed by atoms with Crippen LogP contribution in [-0.2, 0) is 4.74 Å². The molecule has 5 saturated heterocycles. The van der Waals surface area contributed by atoms with E-state index in [1.54, 1.807) is 4.90 Å². The van der Waals surface area contributed by atoms with Gasteiger partial charge in [-0.1, -0.05) is 11.6 Å². The van der Waals surface area contributed by atoms with E-state index in [2.05, 4.69) is 15.0 Å². The van der Waals surface area contributed by atoms with Gasteiger partial charge in [0.15, 0.2) is 11.0 Å². The molecule has 0 N–H and O–H groups in total. The third kappa shape index (κ3) is 4.51. The number of amides is 1. The number of carbonyl (C=O) groups is 1. The second kappa shape index (κ2) is 9.29. The number of rotatable bonds is 4. The summed E-state index contributed by atoms with van der Waals surface area (Å²) >= 11 is 5.99. The van der Waals surface area contributed by atoms with Gasteiger partial charge in [0.05, 0.1) is 18.3 Å². The minimum absolute atomic E-state index is 0.0849. The van der Waals surface area contributed by atoms with Gasteiger partial charge in [0, 0.05) is 41.0 Å². The van der Waals surface area contributed by atoms with Crippen LogP contribution in [0.15, 0.2) is 6.20 Å². The van der Waals surface area contributed by atoms with E-state index in [0.717, 1.165) is 12.8 Å². The largest absolute Gasteiger partial charge is 0.461 e. The molecule has 2 aromatic heterocycles. The minimum atomic E-state index is -2.31. The minimum Gasteiger partial charge on any atom is -0.461 e. The summed E-state index contributed by atoms with van der Waals surface area (Å²) in [7, 11) is 0. The van der Waals surface area contributed by atoms with Gasteiger partial charge < -0.3 is 19.3 Å². The first-order valence-electron chi connectivity index (χ1n) is 14.5. The van der Waals surface area contributed by atoms with Crippen molar-refractivity contribution >= 4 is 34.4 Å². The maximum Gasteiger partial charge on any atom is 0.410 e. The number of anilines is 1. The van der Waals surface area contributed by atoms with Crippen LogP contribution in [0.5, 0.6) is 6.01 Å². The fourth-order valence-electron chi connectivity index (χ4n) is 6.03. The summed E-state index contributed by atoms with van der Waals surface area (Å²) in [5.74, 6) is -0.448. The maximum absolute atomic E-state index is 15.2. The van der Waals surface area contributed by atoms with Crippen LogP contribution in [0, 0.1) is 5.82 Å². The molecule has 0 aromatic carbocycles. The normalized spacial score (nSPS) is 33.7. The second-order valence-electron chi connectivity index (χ2n) is 11.6. The Morgan fingerprint density at radius 2 is 2.08 bits per heavy atom. The van der Waals surface area contributed by atoms with Crippen molar-refractivity contribution in [1.29, 1.82) is 0 Å². The van der Waals surface area contributed by atoms with Crippen molar-refractivity contribution in [1.82, 2.24) is 24.8 Å². The van der Waals surface area contributed by atoms with Crippen molar-refractivity contribution in [2.75, 3.05) is 37.6 Å². The molecule has 4 atom stereocenters. The van der Waals surface area contributed by atoms with Crippen LogP contribution in [0.1, 0.15) is 57.0 Å². The van der Waals surface area contributed by atoms with Gasteiger partial charge in [-0.3, -0.25) is 4.90 Å². The quantitative estimate of drug-likeness (QED) is 0.516. The third-order valence-corrected chi connectivity index (χ3v) is 8.08. The summed E-state index contributed by atoms with van der Waals surface area (Å²) in [4.78, 5) is 30.9. The number of carbonyl (C=O) groups excluding carboxylic acids is 1. The first-order valence-corrected chi connectivity index (χ1v) is 13.3. The summed E-state index contributed by atoms with van der Waals surface area (Å²) in [5.41, 5.74) is -1.76. The molecule has 7 rings (SSSR count). The van der Waals surface area contributed by atoms with E-state index in [-0.39, 0.29) is 60.9 Å². The number of pyridine rings is 1. The Morgan fingerprint density at radius 1 is 1.29 bits per heavy atom. The molecule has 2 bridgehead atoms. The van der Waals surface area contributed by atoms with Crippen molar-refractivity contribution in [3.63, 3.8) is 0 Å². The highest BCUT2D eigenvalue weighted by molar-refractivity contribution is 6.30. The lowest BCUT2D eigenvalue weighted by atomic mass is 9.91. The molecule has 2 unspecified atom stereocenters. The lowest BCUT2D eigenvalue weighted by molar-refractivity contribution is 0.000793. The number of nitrogens with zero attached hydrogens (tertiary/aromatic N) is 6. The zero-order valence-corrected chi connectivity index (χ0v) is 22.4. The monoisotopic (exact) mass is 553 g/mol. The van der Waals surface area contributed by atoms with E-state index in [0.29, 0.717) is 30.7 Å². The fourth-order valence-corrected chi connectivity index (χ4v) is 6.17. The lowest BCUT2D eigenvalue weighted by Crippen LogP contribution is -2.64. The van der Waals surface area contributed by atoms with Crippen LogP contribution < -0.4 is 9.64 Å². The zero-order chi connectivity index (χ0) is 29.5. The number of piperazine rings is 1. The Labute approximate surface area is 229 Å². The number of hydrogen-bond donors (Lipinski definition) is 0. The second-order valence-corrected chi connectivity index (χ2v) is 11.9. The molecule has 38 heavy (non-hydrogen) atoms. The van der Waals surface area contributed by atoms with Crippen molar-refractivity contribution in [3.05, 3.63) is 17.2 Å². The first-order chi connectivity index (χ1) is 19.1. The average molecular weight is 554 g/mol. The molecule has 1 amide bonds.